The van der Waals surface area contributed by atoms with Crippen LogP contribution in [0.3, 0.4) is 0 Å². The molecule has 2 aliphatic rings. The molecule has 1 fully saturated rings. The fourth-order valence-corrected chi connectivity index (χ4v) is 2.44. The van der Waals surface area contributed by atoms with E-state index in [9.17, 15) is 0 Å². The van der Waals surface area contributed by atoms with Gasteiger partial charge in [-0.05, 0) is 32.1 Å². The van der Waals surface area contributed by atoms with Crippen LogP contribution in [0.2, 0.25) is 0 Å². The maximum atomic E-state index is 4.09. The van der Waals surface area contributed by atoms with E-state index in [4.69, 9.17) is 0 Å². The first-order chi connectivity index (χ1) is 6.79. The third kappa shape index (κ3) is 1.98. The average molecular weight is 189 g/mol. The maximum absolute atomic E-state index is 4.09. The van der Waals surface area contributed by atoms with Crippen LogP contribution in [0.4, 0.5) is 0 Å². The summed E-state index contributed by atoms with van der Waals surface area (Å²) in [6, 6.07) is 1.18. The van der Waals surface area contributed by atoms with Crippen molar-refractivity contribution in [3.63, 3.8) is 0 Å². The van der Waals surface area contributed by atoms with E-state index < -0.39 is 0 Å². The van der Waals surface area contributed by atoms with Crippen LogP contribution in [0.15, 0.2) is 36.5 Å². The van der Waals surface area contributed by atoms with Crippen molar-refractivity contribution in [1.29, 1.82) is 0 Å². The van der Waals surface area contributed by atoms with E-state index >= 15 is 0 Å². The monoisotopic (exact) mass is 189 g/mol. The first-order valence-corrected chi connectivity index (χ1v) is 5.52. The Morgan fingerprint density at radius 3 is 3.14 bits per heavy atom. The third-order valence-electron chi connectivity index (χ3n) is 3.26. The Kier molecular flexibility index (Phi) is 2.87. The molecule has 0 aromatic rings. The van der Waals surface area contributed by atoms with E-state index in [-0.39, 0.29) is 0 Å². The zero-order valence-electron chi connectivity index (χ0n) is 8.76. The fourth-order valence-electron chi connectivity index (χ4n) is 2.44. The number of nitrogens with one attached hydrogen (secondary N) is 1. The minimum Gasteiger partial charge on any atom is -0.307 e. The van der Waals surface area contributed by atoms with E-state index in [1.807, 2.05) is 6.08 Å². The lowest BCUT2D eigenvalue weighted by atomic mass is 9.83. The average Bonchev–Trinajstić information content (AvgIpc) is 2.17. The van der Waals surface area contributed by atoms with Crippen LogP contribution in [0, 0.1) is 0 Å². The summed E-state index contributed by atoms with van der Waals surface area (Å²) < 4.78 is 0. The molecule has 2 rings (SSSR count). The highest BCUT2D eigenvalue weighted by Crippen LogP contribution is 2.30. The van der Waals surface area contributed by atoms with Crippen molar-refractivity contribution in [3.05, 3.63) is 36.5 Å². The Hall–Kier alpha value is -0.820. The van der Waals surface area contributed by atoms with Gasteiger partial charge in [0.05, 0.1) is 0 Å². The SMILES string of the molecule is C=CC[C@H]1CC=C2CCC(=C)C[C@@H]2N1. The summed E-state index contributed by atoms with van der Waals surface area (Å²) in [7, 11) is 0. The summed E-state index contributed by atoms with van der Waals surface area (Å²) >= 11 is 0. The first-order valence-electron chi connectivity index (χ1n) is 5.52. The molecule has 1 N–H and O–H groups in total. The van der Waals surface area contributed by atoms with Gasteiger partial charge in [-0.1, -0.05) is 29.9 Å². The molecule has 76 valence electrons. The second kappa shape index (κ2) is 4.14. The van der Waals surface area contributed by atoms with E-state index in [1.54, 1.807) is 5.57 Å². The lowest BCUT2D eigenvalue weighted by Crippen LogP contribution is -2.43. The van der Waals surface area contributed by atoms with Crippen LogP contribution < -0.4 is 5.32 Å². The van der Waals surface area contributed by atoms with E-state index in [0.717, 1.165) is 12.8 Å². The molecule has 2 atom stereocenters. The quantitative estimate of drug-likeness (QED) is 0.658. The van der Waals surface area contributed by atoms with Crippen molar-refractivity contribution in [1.82, 2.24) is 5.32 Å². The van der Waals surface area contributed by atoms with Crippen molar-refractivity contribution < 1.29 is 0 Å². The van der Waals surface area contributed by atoms with Crippen LogP contribution in [-0.2, 0) is 0 Å². The molecule has 0 aromatic carbocycles. The Labute approximate surface area is 86.6 Å². The van der Waals surface area contributed by atoms with Gasteiger partial charge in [0.15, 0.2) is 0 Å². The van der Waals surface area contributed by atoms with Crippen molar-refractivity contribution in [3.8, 4) is 0 Å². The van der Waals surface area contributed by atoms with Crippen LogP contribution in [0.1, 0.15) is 32.1 Å². The summed E-state index contributed by atoms with van der Waals surface area (Å²) in [4.78, 5) is 0. The minimum atomic E-state index is 0.579. The summed E-state index contributed by atoms with van der Waals surface area (Å²) in [5.74, 6) is 0. The zero-order chi connectivity index (χ0) is 9.97. The third-order valence-corrected chi connectivity index (χ3v) is 3.26. The van der Waals surface area contributed by atoms with Crippen LogP contribution in [0.5, 0.6) is 0 Å². The number of hydrogen-bond donors (Lipinski definition) is 1. The molecule has 0 radical (unpaired) electrons. The van der Waals surface area contributed by atoms with Gasteiger partial charge in [0, 0.05) is 12.1 Å². The molecule has 0 aromatic heterocycles. The number of fused-ring (bicyclic) bond motifs is 1. The smallest absolute Gasteiger partial charge is 0.0319 e. The van der Waals surface area contributed by atoms with E-state index in [0.29, 0.717) is 12.1 Å². The van der Waals surface area contributed by atoms with Gasteiger partial charge in [0.1, 0.15) is 0 Å². The van der Waals surface area contributed by atoms with Crippen molar-refractivity contribution in [2.45, 2.75) is 44.2 Å². The van der Waals surface area contributed by atoms with Gasteiger partial charge in [-0.15, -0.1) is 6.58 Å². The highest BCUT2D eigenvalue weighted by Gasteiger charge is 2.25. The van der Waals surface area contributed by atoms with E-state index in [1.165, 1.54) is 24.8 Å². The summed E-state index contributed by atoms with van der Waals surface area (Å²) in [6.45, 7) is 7.88. The lowest BCUT2D eigenvalue weighted by Gasteiger charge is -2.35. The minimum absolute atomic E-state index is 0.579. The van der Waals surface area contributed by atoms with Gasteiger partial charge < -0.3 is 5.32 Å². The number of rotatable bonds is 2. The van der Waals surface area contributed by atoms with Gasteiger partial charge in [-0.25, -0.2) is 0 Å². The summed E-state index contributed by atoms with van der Waals surface area (Å²) in [6.07, 6.45) is 10.2. The fraction of sp³-hybridized carbons (Fsp3) is 0.538. The van der Waals surface area contributed by atoms with Gasteiger partial charge in [0.25, 0.3) is 0 Å². The molecular formula is C13H19N. The highest BCUT2D eigenvalue weighted by molar-refractivity contribution is 5.24. The Bertz CT molecular complexity index is 275. The number of hydrogen-bond acceptors (Lipinski definition) is 1. The molecule has 1 aliphatic carbocycles. The summed E-state index contributed by atoms with van der Waals surface area (Å²) in [5.41, 5.74) is 3.01. The molecule has 1 aliphatic heterocycles. The van der Waals surface area contributed by atoms with Gasteiger partial charge >= 0.3 is 0 Å². The topological polar surface area (TPSA) is 12.0 Å². The van der Waals surface area contributed by atoms with Crippen molar-refractivity contribution in [2.75, 3.05) is 0 Å². The van der Waals surface area contributed by atoms with Crippen LogP contribution in [-0.4, -0.2) is 12.1 Å². The van der Waals surface area contributed by atoms with E-state index in [2.05, 4.69) is 24.6 Å². The molecular weight excluding hydrogens is 170 g/mol. The van der Waals surface area contributed by atoms with Gasteiger partial charge in [-0.3, -0.25) is 0 Å². The van der Waals surface area contributed by atoms with Gasteiger partial charge in [-0.2, -0.15) is 0 Å². The standard InChI is InChI=1S/C13H19N/c1-3-4-12-8-7-11-6-5-10(2)9-13(11)14-12/h3,7,12-14H,1-2,4-6,8-9H2/t12-,13-/m0/s1. The molecule has 1 heterocycles. The molecule has 0 amide bonds. The first kappa shape index (κ1) is 9.72. The Morgan fingerprint density at radius 2 is 2.36 bits per heavy atom. The van der Waals surface area contributed by atoms with Crippen LogP contribution in [0.25, 0.3) is 0 Å². The molecule has 1 nitrogen and oxygen atoms in total. The molecule has 0 unspecified atom stereocenters. The molecule has 14 heavy (non-hydrogen) atoms. The predicted molar refractivity (Wildman–Crippen MR) is 61.2 cm³/mol. The normalized spacial score (nSPS) is 32.0. The predicted octanol–water partition coefficient (Wildman–Crippen LogP) is 2.96. The second-order valence-electron chi connectivity index (χ2n) is 4.41. The summed E-state index contributed by atoms with van der Waals surface area (Å²) in [5, 5.41) is 3.69. The largest absolute Gasteiger partial charge is 0.307 e. The lowest BCUT2D eigenvalue weighted by molar-refractivity contribution is 0.409. The molecule has 0 spiro atoms. The molecule has 1 saturated carbocycles. The molecule has 0 bridgehead atoms. The Morgan fingerprint density at radius 1 is 1.50 bits per heavy atom. The highest BCUT2D eigenvalue weighted by atomic mass is 15.0. The molecule has 1 heteroatoms. The maximum Gasteiger partial charge on any atom is 0.0319 e. The van der Waals surface area contributed by atoms with Crippen molar-refractivity contribution >= 4 is 0 Å². The van der Waals surface area contributed by atoms with Crippen LogP contribution >= 0.6 is 0 Å². The molecule has 0 saturated heterocycles. The Balaban J connectivity index is 2.03. The van der Waals surface area contributed by atoms with Crippen molar-refractivity contribution in [2.24, 2.45) is 0 Å². The zero-order valence-corrected chi connectivity index (χ0v) is 8.76. The van der Waals surface area contributed by atoms with Gasteiger partial charge in [0.2, 0.25) is 0 Å². The second-order valence-corrected chi connectivity index (χ2v) is 4.41.